The van der Waals surface area contributed by atoms with Gasteiger partial charge in [-0.05, 0) is 18.8 Å². The third-order valence-corrected chi connectivity index (χ3v) is 3.64. The summed E-state index contributed by atoms with van der Waals surface area (Å²) in [4.78, 5) is 25.0. The van der Waals surface area contributed by atoms with Gasteiger partial charge in [-0.3, -0.25) is 4.79 Å². The normalized spacial score (nSPS) is 33.2. The van der Waals surface area contributed by atoms with Gasteiger partial charge in [0.2, 0.25) is 0 Å². The third-order valence-electron chi connectivity index (χ3n) is 3.64. The van der Waals surface area contributed by atoms with E-state index in [9.17, 15) is 14.7 Å². The lowest BCUT2D eigenvalue weighted by atomic mass is 9.92. The molecule has 2 aliphatic rings. The predicted molar refractivity (Wildman–Crippen MR) is 64.1 cm³/mol. The Labute approximate surface area is 106 Å². The number of aliphatic carboxylic acids is 1. The van der Waals surface area contributed by atoms with Gasteiger partial charge in [0.1, 0.15) is 12.1 Å². The summed E-state index contributed by atoms with van der Waals surface area (Å²) in [6.07, 6.45) is 0.852. The fourth-order valence-corrected chi connectivity index (χ4v) is 2.55. The molecule has 0 spiro atoms. The zero-order chi connectivity index (χ0) is 13.1. The van der Waals surface area contributed by atoms with Gasteiger partial charge in [-0.15, -0.1) is 0 Å². The highest BCUT2D eigenvalue weighted by atomic mass is 16.5. The van der Waals surface area contributed by atoms with Crippen LogP contribution in [0.2, 0.25) is 0 Å². The monoisotopic (exact) mass is 256 g/mol. The number of carboxylic acid groups (broad SMARTS) is 1. The SMILES string of the molecule is CC1CCN(C(=O)C2CNCCO2)C(C(=O)O)C1. The Morgan fingerprint density at radius 2 is 2.22 bits per heavy atom. The quantitative estimate of drug-likeness (QED) is 0.708. The maximum Gasteiger partial charge on any atom is 0.326 e. The first-order chi connectivity index (χ1) is 8.59. The smallest absolute Gasteiger partial charge is 0.326 e. The number of carbonyl (C=O) groups is 2. The number of hydrogen-bond acceptors (Lipinski definition) is 4. The van der Waals surface area contributed by atoms with Crippen LogP contribution in [0.4, 0.5) is 0 Å². The van der Waals surface area contributed by atoms with E-state index in [0.717, 1.165) is 13.0 Å². The number of morpholine rings is 1. The molecule has 0 aromatic rings. The second-order valence-electron chi connectivity index (χ2n) is 5.08. The maximum atomic E-state index is 12.3. The molecule has 0 aliphatic carbocycles. The molecule has 6 heteroatoms. The van der Waals surface area contributed by atoms with Crippen molar-refractivity contribution in [1.29, 1.82) is 0 Å². The molecule has 0 aromatic heterocycles. The fraction of sp³-hybridized carbons (Fsp3) is 0.833. The summed E-state index contributed by atoms with van der Waals surface area (Å²) in [5, 5.41) is 12.3. The number of ether oxygens (including phenoxy) is 1. The first-order valence-electron chi connectivity index (χ1n) is 6.45. The van der Waals surface area contributed by atoms with E-state index in [2.05, 4.69) is 5.32 Å². The number of nitrogens with one attached hydrogen (secondary N) is 1. The fourth-order valence-electron chi connectivity index (χ4n) is 2.55. The Hall–Kier alpha value is -1.14. The lowest BCUT2D eigenvalue weighted by molar-refractivity contribution is -0.159. The number of rotatable bonds is 2. The molecule has 0 bridgehead atoms. The highest BCUT2D eigenvalue weighted by Gasteiger charge is 2.38. The second kappa shape index (κ2) is 5.67. The minimum absolute atomic E-state index is 0.193. The van der Waals surface area contributed by atoms with Crippen molar-refractivity contribution in [2.45, 2.75) is 31.9 Å². The van der Waals surface area contributed by atoms with Gasteiger partial charge >= 0.3 is 5.97 Å². The van der Waals surface area contributed by atoms with E-state index in [1.807, 2.05) is 6.92 Å². The summed E-state index contributed by atoms with van der Waals surface area (Å²) in [7, 11) is 0. The Morgan fingerprint density at radius 3 is 2.83 bits per heavy atom. The lowest BCUT2D eigenvalue weighted by Gasteiger charge is -2.38. The minimum Gasteiger partial charge on any atom is -0.480 e. The largest absolute Gasteiger partial charge is 0.480 e. The molecule has 2 heterocycles. The molecule has 1 amide bonds. The van der Waals surface area contributed by atoms with Crippen molar-refractivity contribution in [1.82, 2.24) is 10.2 Å². The Kier molecular flexibility index (Phi) is 4.19. The predicted octanol–water partition coefficient (Wildman–Crippen LogP) is -0.313. The number of likely N-dealkylation sites (tertiary alicyclic amines) is 1. The standard InChI is InChI=1S/C12H20N2O4/c1-8-2-4-14(9(6-8)12(16)17)11(15)10-7-13-3-5-18-10/h8-10,13H,2-7H2,1H3,(H,16,17). The highest BCUT2D eigenvalue weighted by Crippen LogP contribution is 2.23. The average molecular weight is 256 g/mol. The van der Waals surface area contributed by atoms with Crippen molar-refractivity contribution in [2.24, 2.45) is 5.92 Å². The molecule has 2 saturated heterocycles. The maximum absolute atomic E-state index is 12.3. The van der Waals surface area contributed by atoms with E-state index in [4.69, 9.17) is 4.74 Å². The molecule has 0 aromatic carbocycles. The molecule has 3 unspecified atom stereocenters. The number of hydrogen-bond donors (Lipinski definition) is 2. The Bertz CT molecular complexity index is 328. The van der Waals surface area contributed by atoms with Crippen molar-refractivity contribution in [3.63, 3.8) is 0 Å². The zero-order valence-electron chi connectivity index (χ0n) is 10.6. The van der Waals surface area contributed by atoms with Crippen molar-refractivity contribution in [3.8, 4) is 0 Å². The van der Waals surface area contributed by atoms with Crippen molar-refractivity contribution < 1.29 is 19.4 Å². The third kappa shape index (κ3) is 2.81. The van der Waals surface area contributed by atoms with E-state index in [1.54, 1.807) is 0 Å². The topological polar surface area (TPSA) is 78.9 Å². The number of amides is 1. The Balaban J connectivity index is 2.04. The van der Waals surface area contributed by atoms with Crippen LogP contribution in [0.15, 0.2) is 0 Å². The van der Waals surface area contributed by atoms with Gasteiger partial charge in [-0.25, -0.2) is 4.79 Å². The van der Waals surface area contributed by atoms with Gasteiger partial charge in [0, 0.05) is 19.6 Å². The zero-order valence-corrected chi connectivity index (χ0v) is 10.6. The number of piperidine rings is 1. The molecule has 3 atom stereocenters. The van der Waals surface area contributed by atoms with Gasteiger partial charge in [0.25, 0.3) is 5.91 Å². The molecular weight excluding hydrogens is 236 g/mol. The number of carbonyl (C=O) groups excluding carboxylic acids is 1. The van der Waals surface area contributed by atoms with Crippen LogP contribution in [-0.2, 0) is 14.3 Å². The van der Waals surface area contributed by atoms with Crippen molar-refractivity contribution in [3.05, 3.63) is 0 Å². The first-order valence-corrected chi connectivity index (χ1v) is 6.45. The van der Waals surface area contributed by atoms with E-state index in [1.165, 1.54) is 4.90 Å². The molecule has 2 fully saturated rings. The number of carboxylic acids is 1. The lowest BCUT2D eigenvalue weighted by Crippen LogP contribution is -2.56. The van der Waals surface area contributed by atoms with E-state index < -0.39 is 18.1 Å². The molecule has 18 heavy (non-hydrogen) atoms. The van der Waals surface area contributed by atoms with Crippen molar-refractivity contribution >= 4 is 11.9 Å². The molecule has 2 aliphatic heterocycles. The van der Waals surface area contributed by atoms with Gasteiger partial charge < -0.3 is 20.1 Å². The molecule has 102 valence electrons. The number of nitrogens with zero attached hydrogens (tertiary/aromatic N) is 1. The van der Waals surface area contributed by atoms with Gasteiger partial charge in [0.05, 0.1) is 6.61 Å². The summed E-state index contributed by atoms with van der Waals surface area (Å²) < 4.78 is 5.40. The molecule has 2 N–H and O–H groups in total. The van der Waals surface area contributed by atoms with Gasteiger partial charge in [-0.1, -0.05) is 6.92 Å². The summed E-state index contributed by atoms with van der Waals surface area (Å²) in [6.45, 7) is 4.24. The van der Waals surface area contributed by atoms with Crippen LogP contribution < -0.4 is 5.32 Å². The van der Waals surface area contributed by atoms with Crippen LogP contribution in [0.3, 0.4) is 0 Å². The molecular formula is C12H20N2O4. The highest BCUT2D eigenvalue weighted by molar-refractivity contribution is 5.86. The van der Waals surface area contributed by atoms with Crippen LogP contribution in [0.5, 0.6) is 0 Å². The van der Waals surface area contributed by atoms with Crippen LogP contribution in [0, 0.1) is 5.92 Å². The van der Waals surface area contributed by atoms with E-state index in [-0.39, 0.29) is 5.91 Å². The average Bonchev–Trinajstić information content (AvgIpc) is 2.39. The summed E-state index contributed by atoms with van der Waals surface area (Å²) in [5.41, 5.74) is 0. The van der Waals surface area contributed by atoms with Crippen LogP contribution in [0.25, 0.3) is 0 Å². The van der Waals surface area contributed by atoms with Crippen LogP contribution in [-0.4, -0.2) is 60.3 Å². The van der Waals surface area contributed by atoms with Gasteiger partial charge in [0.15, 0.2) is 0 Å². The van der Waals surface area contributed by atoms with E-state index in [0.29, 0.717) is 32.0 Å². The second-order valence-corrected chi connectivity index (χ2v) is 5.08. The van der Waals surface area contributed by atoms with Gasteiger partial charge in [-0.2, -0.15) is 0 Å². The van der Waals surface area contributed by atoms with Crippen LogP contribution in [0.1, 0.15) is 19.8 Å². The molecule has 6 nitrogen and oxygen atoms in total. The molecule has 0 saturated carbocycles. The van der Waals surface area contributed by atoms with E-state index >= 15 is 0 Å². The molecule has 0 radical (unpaired) electrons. The van der Waals surface area contributed by atoms with Crippen LogP contribution >= 0.6 is 0 Å². The minimum atomic E-state index is -0.918. The molecule has 2 rings (SSSR count). The summed E-state index contributed by atoms with van der Waals surface area (Å²) in [6, 6.07) is -0.702. The van der Waals surface area contributed by atoms with Crippen molar-refractivity contribution in [2.75, 3.05) is 26.2 Å². The summed E-state index contributed by atoms with van der Waals surface area (Å²) >= 11 is 0. The first kappa shape index (κ1) is 13.3. The summed E-state index contributed by atoms with van der Waals surface area (Å²) in [5.74, 6) is -0.763. The Morgan fingerprint density at radius 1 is 1.44 bits per heavy atom.